The molecule has 130 valence electrons. The van der Waals surface area contributed by atoms with Crippen molar-refractivity contribution in [3.05, 3.63) is 47.2 Å². The van der Waals surface area contributed by atoms with Crippen molar-refractivity contribution in [1.29, 1.82) is 0 Å². The number of hydrogen-bond acceptors (Lipinski definition) is 4. The maximum Gasteiger partial charge on any atom is 0.266 e. The number of nitrogens with zero attached hydrogens (tertiary/aromatic N) is 1. The van der Waals surface area contributed by atoms with Crippen LogP contribution in [-0.4, -0.2) is 20.0 Å². The molecule has 0 aliphatic rings. The summed E-state index contributed by atoms with van der Waals surface area (Å²) in [4.78, 5) is 4.25. The lowest BCUT2D eigenvalue weighted by Crippen LogP contribution is -2.17. The van der Waals surface area contributed by atoms with Crippen LogP contribution in [0.4, 0.5) is 5.82 Å². The number of aromatic nitrogens is 1. The van der Waals surface area contributed by atoms with Gasteiger partial charge in [0.1, 0.15) is 16.5 Å². The van der Waals surface area contributed by atoms with Crippen LogP contribution in [0.1, 0.15) is 43.4 Å². The number of sulfonamides is 1. The molecule has 0 unspecified atom stereocenters. The van der Waals surface area contributed by atoms with Crippen LogP contribution in [0, 0.1) is 13.8 Å². The Labute approximate surface area is 144 Å². The van der Waals surface area contributed by atoms with Gasteiger partial charge < -0.3 is 4.74 Å². The minimum absolute atomic E-state index is 0.142. The fraction of sp³-hybridized carbons (Fsp3) is 0.389. The fourth-order valence-corrected chi connectivity index (χ4v) is 3.80. The van der Waals surface area contributed by atoms with Gasteiger partial charge in [-0.05, 0) is 61.6 Å². The van der Waals surface area contributed by atoms with E-state index in [1.54, 1.807) is 24.4 Å². The van der Waals surface area contributed by atoms with Crippen LogP contribution >= 0.6 is 0 Å². The van der Waals surface area contributed by atoms with Gasteiger partial charge in [-0.25, -0.2) is 13.4 Å². The van der Waals surface area contributed by atoms with E-state index in [1.165, 1.54) is 0 Å². The van der Waals surface area contributed by atoms with E-state index in [1.807, 2.05) is 40.7 Å². The van der Waals surface area contributed by atoms with E-state index in [9.17, 15) is 8.42 Å². The lowest BCUT2D eigenvalue weighted by atomic mass is 9.98. The average molecular weight is 348 g/mol. The van der Waals surface area contributed by atoms with Gasteiger partial charge in [0.05, 0.1) is 6.61 Å². The number of benzene rings is 1. The second kappa shape index (κ2) is 7.21. The molecule has 6 heteroatoms. The van der Waals surface area contributed by atoms with Crippen molar-refractivity contribution in [3.63, 3.8) is 0 Å². The number of ether oxygens (including phenoxy) is 1. The summed E-state index contributed by atoms with van der Waals surface area (Å²) in [7, 11) is -3.80. The van der Waals surface area contributed by atoms with Gasteiger partial charge >= 0.3 is 0 Å². The molecule has 1 N–H and O–H groups in total. The van der Waals surface area contributed by atoms with E-state index in [2.05, 4.69) is 9.71 Å². The van der Waals surface area contributed by atoms with Crippen LogP contribution in [0.25, 0.3) is 0 Å². The quantitative estimate of drug-likeness (QED) is 0.856. The van der Waals surface area contributed by atoms with Gasteiger partial charge in [-0.3, -0.25) is 4.72 Å². The van der Waals surface area contributed by atoms with Gasteiger partial charge in [0, 0.05) is 6.20 Å². The molecule has 24 heavy (non-hydrogen) atoms. The van der Waals surface area contributed by atoms with Gasteiger partial charge in [-0.15, -0.1) is 0 Å². The monoisotopic (exact) mass is 348 g/mol. The Kier molecular flexibility index (Phi) is 5.49. The summed E-state index contributed by atoms with van der Waals surface area (Å²) < 4.78 is 33.9. The number of pyridine rings is 1. The first-order valence-electron chi connectivity index (χ1n) is 7.98. The molecule has 0 radical (unpaired) electrons. The Morgan fingerprint density at radius 3 is 2.50 bits per heavy atom. The zero-order chi connectivity index (χ0) is 17.9. The topological polar surface area (TPSA) is 68.3 Å². The Balaban J connectivity index is 2.55. The molecule has 0 aliphatic carbocycles. The van der Waals surface area contributed by atoms with Gasteiger partial charge in [0.25, 0.3) is 10.0 Å². The number of aryl methyl sites for hydroxylation is 2. The Morgan fingerprint density at radius 1 is 1.21 bits per heavy atom. The molecule has 5 nitrogen and oxygen atoms in total. The molecule has 0 spiro atoms. The van der Waals surface area contributed by atoms with Gasteiger partial charge in [-0.2, -0.15) is 0 Å². The third-order valence-corrected chi connectivity index (χ3v) is 5.14. The SMILES string of the molecule is CCOc1cc(C)c(C(C)C)cc1S(=O)(=O)Nc1ncccc1C. The second-order valence-corrected chi connectivity index (χ2v) is 7.67. The molecule has 0 bridgehead atoms. The highest BCUT2D eigenvalue weighted by Crippen LogP contribution is 2.32. The van der Waals surface area contributed by atoms with E-state index >= 15 is 0 Å². The van der Waals surface area contributed by atoms with Crippen LogP contribution in [0.15, 0.2) is 35.4 Å². The number of hydrogen-bond donors (Lipinski definition) is 1. The number of rotatable bonds is 6. The first kappa shape index (κ1) is 18.3. The minimum Gasteiger partial charge on any atom is -0.492 e. The maximum atomic E-state index is 12.9. The molecule has 1 aromatic heterocycles. The van der Waals surface area contributed by atoms with E-state index in [0.717, 1.165) is 16.7 Å². The molecule has 0 amide bonds. The highest BCUT2D eigenvalue weighted by atomic mass is 32.2. The van der Waals surface area contributed by atoms with Crippen LogP contribution in [0.2, 0.25) is 0 Å². The standard InChI is InChI=1S/C18H24N2O3S/c1-6-23-16-10-14(5)15(12(2)3)11-17(16)24(21,22)20-18-13(4)8-7-9-19-18/h7-12H,6H2,1-5H3,(H,19,20). The molecule has 0 saturated carbocycles. The fourth-order valence-electron chi connectivity index (χ4n) is 2.55. The number of nitrogens with one attached hydrogen (secondary N) is 1. The summed E-state index contributed by atoms with van der Waals surface area (Å²) in [5.41, 5.74) is 2.76. The average Bonchev–Trinajstić information content (AvgIpc) is 2.49. The Morgan fingerprint density at radius 2 is 1.92 bits per heavy atom. The summed E-state index contributed by atoms with van der Waals surface area (Å²) in [6.45, 7) is 10.1. The molecule has 0 aliphatic heterocycles. The lowest BCUT2D eigenvalue weighted by molar-refractivity contribution is 0.330. The first-order valence-corrected chi connectivity index (χ1v) is 9.46. The molecule has 2 aromatic rings. The first-order chi connectivity index (χ1) is 11.3. The van der Waals surface area contributed by atoms with Crippen LogP contribution in [0.5, 0.6) is 5.75 Å². The van der Waals surface area contributed by atoms with Crippen molar-refractivity contribution in [1.82, 2.24) is 4.98 Å². The van der Waals surface area contributed by atoms with Gasteiger partial charge in [0.15, 0.2) is 0 Å². The molecule has 0 fully saturated rings. The van der Waals surface area contributed by atoms with Crippen LogP contribution < -0.4 is 9.46 Å². The van der Waals surface area contributed by atoms with E-state index in [4.69, 9.17) is 4.74 Å². The zero-order valence-corrected chi connectivity index (χ0v) is 15.6. The van der Waals surface area contributed by atoms with Crippen LogP contribution in [0.3, 0.4) is 0 Å². The normalized spacial score (nSPS) is 11.6. The summed E-state index contributed by atoms with van der Waals surface area (Å²) in [6.07, 6.45) is 1.56. The van der Waals surface area contributed by atoms with Gasteiger partial charge in [0.2, 0.25) is 0 Å². The highest BCUT2D eigenvalue weighted by molar-refractivity contribution is 7.92. The summed E-state index contributed by atoms with van der Waals surface area (Å²) in [6, 6.07) is 7.06. The van der Waals surface area contributed by atoms with Crippen LogP contribution in [-0.2, 0) is 10.0 Å². The second-order valence-electron chi connectivity index (χ2n) is 6.02. The highest BCUT2D eigenvalue weighted by Gasteiger charge is 2.23. The maximum absolute atomic E-state index is 12.9. The predicted molar refractivity (Wildman–Crippen MR) is 96.2 cm³/mol. The van der Waals surface area contributed by atoms with E-state index in [0.29, 0.717) is 18.2 Å². The largest absolute Gasteiger partial charge is 0.492 e. The van der Waals surface area contributed by atoms with Crippen molar-refractivity contribution in [2.75, 3.05) is 11.3 Å². The molecule has 2 rings (SSSR count). The summed E-state index contributed by atoms with van der Waals surface area (Å²) >= 11 is 0. The van der Waals surface area contributed by atoms with Crippen molar-refractivity contribution >= 4 is 15.8 Å². The Hall–Kier alpha value is -2.08. The molecule has 0 atom stereocenters. The number of anilines is 1. The minimum atomic E-state index is -3.80. The van der Waals surface area contributed by atoms with Gasteiger partial charge in [-0.1, -0.05) is 19.9 Å². The van der Waals surface area contributed by atoms with Crippen molar-refractivity contribution in [2.45, 2.75) is 45.4 Å². The molecular formula is C18H24N2O3S. The van der Waals surface area contributed by atoms with Crippen molar-refractivity contribution in [2.24, 2.45) is 0 Å². The molecule has 0 saturated heterocycles. The lowest BCUT2D eigenvalue weighted by Gasteiger charge is -2.17. The molecule has 1 heterocycles. The van der Waals surface area contributed by atoms with Crippen molar-refractivity contribution < 1.29 is 13.2 Å². The smallest absolute Gasteiger partial charge is 0.266 e. The molecular weight excluding hydrogens is 324 g/mol. The summed E-state index contributed by atoms with van der Waals surface area (Å²) in [5.74, 6) is 0.901. The molecule has 1 aromatic carbocycles. The van der Waals surface area contributed by atoms with Crippen molar-refractivity contribution in [3.8, 4) is 5.75 Å². The Bertz CT molecular complexity index is 830. The summed E-state index contributed by atoms with van der Waals surface area (Å²) in [5, 5.41) is 0. The zero-order valence-electron chi connectivity index (χ0n) is 14.8. The predicted octanol–water partition coefficient (Wildman–Crippen LogP) is 4.02. The van der Waals surface area contributed by atoms with E-state index in [-0.39, 0.29) is 10.8 Å². The van der Waals surface area contributed by atoms with E-state index < -0.39 is 10.0 Å². The third-order valence-electron chi connectivity index (χ3n) is 3.78. The third kappa shape index (κ3) is 3.87.